The van der Waals surface area contributed by atoms with Gasteiger partial charge in [0, 0.05) is 6.54 Å². The van der Waals surface area contributed by atoms with Crippen molar-refractivity contribution >= 4 is 22.0 Å². The minimum Gasteiger partial charge on any atom is -0.506 e. The summed E-state index contributed by atoms with van der Waals surface area (Å²) in [4.78, 5) is 0. The van der Waals surface area contributed by atoms with E-state index >= 15 is 0 Å². The molecule has 5 heteroatoms. The van der Waals surface area contributed by atoms with Gasteiger partial charge in [-0.2, -0.15) is 0 Å². The van der Waals surface area contributed by atoms with Crippen molar-refractivity contribution < 1.29 is 13.9 Å². The first-order chi connectivity index (χ1) is 6.57. The molecule has 0 atom stereocenters. The van der Waals surface area contributed by atoms with Crippen molar-refractivity contribution in [3.8, 4) is 5.75 Å². The van der Waals surface area contributed by atoms with Crippen LogP contribution in [0, 0.1) is 11.6 Å². The van der Waals surface area contributed by atoms with Crippen molar-refractivity contribution in [1.82, 2.24) is 0 Å². The molecule has 0 aliphatic rings. The highest BCUT2D eigenvalue weighted by molar-refractivity contribution is 9.10. The first-order valence-corrected chi connectivity index (χ1v) is 4.60. The van der Waals surface area contributed by atoms with Crippen molar-refractivity contribution in [2.75, 3.05) is 6.54 Å². The van der Waals surface area contributed by atoms with Crippen LogP contribution in [0.15, 0.2) is 16.6 Å². The van der Waals surface area contributed by atoms with Gasteiger partial charge in [0.1, 0.15) is 5.75 Å². The Kier molecular flexibility index (Phi) is 3.60. The fourth-order valence-electron chi connectivity index (χ4n) is 0.942. The van der Waals surface area contributed by atoms with E-state index in [1.54, 1.807) is 0 Å². The highest BCUT2D eigenvalue weighted by Crippen LogP contribution is 2.32. The van der Waals surface area contributed by atoms with Crippen LogP contribution in [0.3, 0.4) is 0 Å². The zero-order valence-electron chi connectivity index (χ0n) is 7.10. The molecular formula is C9H8BrF2NO. The Morgan fingerprint density at radius 3 is 2.71 bits per heavy atom. The molecule has 1 rings (SSSR count). The lowest BCUT2D eigenvalue weighted by Crippen LogP contribution is -1.94. The van der Waals surface area contributed by atoms with Crippen molar-refractivity contribution in [3.05, 3.63) is 33.8 Å². The number of halogens is 3. The molecular weight excluding hydrogens is 256 g/mol. The van der Waals surface area contributed by atoms with Gasteiger partial charge < -0.3 is 10.8 Å². The van der Waals surface area contributed by atoms with E-state index in [1.807, 2.05) is 0 Å². The maximum Gasteiger partial charge on any atom is 0.169 e. The summed E-state index contributed by atoms with van der Waals surface area (Å²) in [5.74, 6) is -2.45. The predicted molar refractivity (Wildman–Crippen MR) is 53.8 cm³/mol. The molecule has 2 nitrogen and oxygen atoms in total. The SMILES string of the molecule is NC/C=C/c1c(O)c(Br)cc(F)c1F. The van der Waals surface area contributed by atoms with E-state index in [1.165, 1.54) is 12.2 Å². The Morgan fingerprint density at radius 1 is 1.50 bits per heavy atom. The van der Waals surface area contributed by atoms with Crippen LogP contribution in [0.5, 0.6) is 5.75 Å². The number of phenols is 1. The summed E-state index contributed by atoms with van der Waals surface area (Å²) in [6, 6.07) is 0.866. The second kappa shape index (κ2) is 4.52. The molecule has 0 spiro atoms. The van der Waals surface area contributed by atoms with E-state index in [-0.39, 0.29) is 22.3 Å². The number of phenolic OH excluding ortho intramolecular Hbond substituents is 1. The van der Waals surface area contributed by atoms with Gasteiger partial charge >= 0.3 is 0 Å². The average molecular weight is 264 g/mol. The molecule has 0 aromatic heterocycles. The van der Waals surface area contributed by atoms with Gasteiger partial charge in [0.2, 0.25) is 0 Å². The first kappa shape index (κ1) is 11.1. The molecule has 0 saturated carbocycles. The second-order valence-corrected chi connectivity index (χ2v) is 3.41. The largest absolute Gasteiger partial charge is 0.506 e. The minimum atomic E-state index is -1.09. The van der Waals surface area contributed by atoms with Crippen LogP contribution in [0.2, 0.25) is 0 Å². The summed E-state index contributed by atoms with van der Waals surface area (Å²) in [7, 11) is 0. The molecule has 3 N–H and O–H groups in total. The first-order valence-electron chi connectivity index (χ1n) is 3.81. The molecule has 1 aromatic carbocycles. The molecule has 0 bridgehead atoms. The third kappa shape index (κ3) is 2.10. The maximum absolute atomic E-state index is 13.1. The zero-order valence-corrected chi connectivity index (χ0v) is 8.68. The Bertz CT molecular complexity index is 353. The molecule has 0 radical (unpaired) electrons. The van der Waals surface area contributed by atoms with E-state index in [2.05, 4.69) is 15.9 Å². The van der Waals surface area contributed by atoms with Crippen LogP contribution in [0.4, 0.5) is 8.78 Å². The predicted octanol–water partition coefficient (Wildman–Crippen LogP) is 2.40. The van der Waals surface area contributed by atoms with Gasteiger partial charge in [-0.3, -0.25) is 0 Å². The molecule has 0 fully saturated rings. The lowest BCUT2D eigenvalue weighted by Gasteiger charge is -2.04. The summed E-state index contributed by atoms with van der Waals surface area (Å²) in [5.41, 5.74) is 4.95. The Labute approximate surface area is 88.2 Å². The summed E-state index contributed by atoms with van der Waals surface area (Å²) in [5, 5.41) is 9.38. The summed E-state index contributed by atoms with van der Waals surface area (Å²) in [6.07, 6.45) is 2.66. The Morgan fingerprint density at radius 2 is 2.14 bits per heavy atom. The smallest absolute Gasteiger partial charge is 0.169 e. The lowest BCUT2D eigenvalue weighted by molar-refractivity contribution is 0.449. The fraction of sp³-hybridized carbons (Fsp3) is 0.111. The second-order valence-electron chi connectivity index (χ2n) is 2.55. The van der Waals surface area contributed by atoms with Gasteiger partial charge in [-0.05, 0) is 22.0 Å². The third-order valence-corrected chi connectivity index (χ3v) is 2.21. The standard InChI is InChI=1S/C9H8BrF2NO/c10-6-4-7(11)8(12)5(9(6)14)2-1-3-13/h1-2,4,14H,3,13H2/b2-1+. The van der Waals surface area contributed by atoms with Crippen molar-refractivity contribution in [3.63, 3.8) is 0 Å². The van der Waals surface area contributed by atoms with Crippen molar-refractivity contribution in [2.45, 2.75) is 0 Å². The molecule has 0 saturated heterocycles. The van der Waals surface area contributed by atoms with Gasteiger partial charge in [-0.1, -0.05) is 12.2 Å². The van der Waals surface area contributed by atoms with E-state index in [0.29, 0.717) is 0 Å². The summed E-state index contributed by atoms with van der Waals surface area (Å²) >= 11 is 2.90. The molecule has 76 valence electrons. The quantitative estimate of drug-likeness (QED) is 0.806. The molecule has 0 heterocycles. The summed E-state index contributed by atoms with van der Waals surface area (Å²) < 4.78 is 26.1. The van der Waals surface area contributed by atoms with Gasteiger partial charge in [0.15, 0.2) is 11.6 Å². The minimum absolute atomic E-state index is 0.105. The molecule has 0 aliphatic heterocycles. The number of nitrogens with two attached hydrogens (primary N) is 1. The number of benzene rings is 1. The van der Waals surface area contributed by atoms with Crippen LogP contribution in [0.25, 0.3) is 6.08 Å². The summed E-state index contributed by atoms with van der Waals surface area (Å²) in [6.45, 7) is 0.188. The zero-order chi connectivity index (χ0) is 10.7. The van der Waals surface area contributed by atoms with Crippen molar-refractivity contribution in [2.24, 2.45) is 5.73 Å². The van der Waals surface area contributed by atoms with Gasteiger partial charge in [-0.15, -0.1) is 0 Å². The number of hydrogen-bond acceptors (Lipinski definition) is 2. The number of hydrogen-bond donors (Lipinski definition) is 2. The Balaban J connectivity index is 3.32. The van der Waals surface area contributed by atoms with E-state index < -0.39 is 11.6 Å². The molecule has 0 unspecified atom stereocenters. The Hall–Kier alpha value is -0.940. The van der Waals surface area contributed by atoms with E-state index in [0.717, 1.165) is 6.07 Å². The van der Waals surface area contributed by atoms with Crippen LogP contribution < -0.4 is 5.73 Å². The number of rotatable bonds is 2. The van der Waals surface area contributed by atoms with E-state index in [4.69, 9.17) is 5.73 Å². The van der Waals surface area contributed by atoms with Crippen LogP contribution in [-0.2, 0) is 0 Å². The van der Waals surface area contributed by atoms with Gasteiger partial charge in [0.25, 0.3) is 0 Å². The average Bonchev–Trinajstić information content (AvgIpc) is 2.15. The van der Waals surface area contributed by atoms with Crippen LogP contribution in [-0.4, -0.2) is 11.7 Å². The lowest BCUT2D eigenvalue weighted by atomic mass is 10.1. The van der Waals surface area contributed by atoms with Crippen molar-refractivity contribution in [1.29, 1.82) is 0 Å². The molecule has 0 amide bonds. The molecule has 0 aliphatic carbocycles. The van der Waals surface area contributed by atoms with Crippen LogP contribution >= 0.6 is 15.9 Å². The van der Waals surface area contributed by atoms with Gasteiger partial charge in [0.05, 0.1) is 10.0 Å². The van der Waals surface area contributed by atoms with Gasteiger partial charge in [-0.25, -0.2) is 8.78 Å². The fourth-order valence-corrected chi connectivity index (χ4v) is 1.36. The highest BCUT2D eigenvalue weighted by Gasteiger charge is 2.14. The number of aromatic hydroxyl groups is 1. The normalized spacial score (nSPS) is 11.1. The third-order valence-electron chi connectivity index (χ3n) is 1.60. The maximum atomic E-state index is 13.1. The molecule has 1 aromatic rings. The topological polar surface area (TPSA) is 46.2 Å². The monoisotopic (exact) mass is 263 g/mol. The van der Waals surface area contributed by atoms with E-state index in [9.17, 15) is 13.9 Å². The highest BCUT2D eigenvalue weighted by atomic mass is 79.9. The van der Waals surface area contributed by atoms with Crippen LogP contribution in [0.1, 0.15) is 5.56 Å². The molecule has 14 heavy (non-hydrogen) atoms.